The highest BCUT2D eigenvalue weighted by molar-refractivity contribution is 5.76. The van der Waals surface area contributed by atoms with Gasteiger partial charge in [0.25, 0.3) is 0 Å². The lowest BCUT2D eigenvalue weighted by Crippen LogP contribution is -2.32. The molecule has 1 amide bonds. The molecule has 6 heteroatoms. The van der Waals surface area contributed by atoms with Crippen molar-refractivity contribution in [1.29, 1.82) is 5.26 Å². The van der Waals surface area contributed by atoms with Crippen LogP contribution in [-0.2, 0) is 11.2 Å². The van der Waals surface area contributed by atoms with Crippen LogP contribution in [0, 0.1) is 11.3 Å². The van der Waals surface area contributed by atoms with E-state index in [1.54, 1.807) is 18.2 Å². The zero-order valence-electron chi connectivity index (χ0n) is 14.0. The van der Waals surface area contributed by atoms with Crippen molar-refractivity contribution in [1.82, 2.24) is 9.88 Å². The first-order chi connectivity index (χ1) is 11.7. The Morgan fingerprint density at radius 1 is 1.38 bits per heavy atom. The predicted octanol–water partition coefficient (Wildman–Crippen LogP) is 3.04. The number of oxazole rings is 1. The lowest BCUT2D eigenvalue weighted by Gasteiger charge is -2.18. The fourth-order valence-corrected chi connectivity index (χ4v) is 2.33. The van der Waals surface area contributed by atoms with Gasteiger partial charge in [-0.1, -0.05) is 6.92 Å². The van der Waals surface area contributed by atoms with Crippen LogP contribution < -0.4 is 4.74 Å². The van der Waals surface area contributed by atoms with Crippen LogP contribution >= 0.6 is 0 Å². The quantitative estimate of drug-likeness (QED) is 0.696. The molecular formula is C18H21N3O3. The maximum absolute atomic E-state index is 12.1. The molecule has 0 atom stereocenters. The second-order valence-corrected chi connectivity index (χ2v) is 5.32. The monoisotopic (exact) mass is 327 g/mol. The van der Waals surface area contributed by atoms with Crippen LogP contribution in [0.3, 0.4) is 0 Å². The normalized spacial score (nSPS) is 10.2. The number of aromatic nitrogens is 1. The summed E-state index contributed by atoms with van der Waals surface area (Å²) in [6.07, 6.45) is 3.18. The molecule has 0 unspecified atom stereocenters. The van der Waals surface area contributed by atoms with Gasteiger partial charge in [0.2, 0.25) is 5.91 Å². The number of rotatable bonds is 8. The summed E-state index contributed by atoms with van der Waals surface area (Å²) in [4.78, 5) is 17.9. The molecule has 0 aliphatic heterocycles. The summed E-state index contributed by atoms with van der Waals surface area (Å²) < 4.78 is 10.8. The Morgan fingerprint density at radius 3 is 2.75 bits per heavy atom. The highest BCUT2D eigenvalue weighted by Crippen LogP contribution is 2.23. The Labute approximate surface area is 141 Å². The first kappa shape index (κ1) is 17.5. The molecule has 0 aliphatic carbocycles. The first-order valence-corrected chi connectivity index (χ1v) is 7.91. The van der Waals surface area contributed by atoms with Crippen molar-refractivity contribution in [2.45, 2.75) is 26.2 Å². The topological polar surface area (TPSA) is 79.4 Å². The number of aryl methyl sites for hydroxylation is 1. The third-order valence-electron chi connectivity index (χ3n) is 3.59. The molecule has 24 heavy (non-hydrogen) atoms. The molecule has 0 saturated carbocycles. The van der Waals surface area contributed by atoms with Gasteiger partial charge in [-0.05, 0) is 30.7 Å². The number of carbonyl (C=O) groups excluding carboxylic acids is 1. The van der Waals surface area contributed by atoms with Crippen LogP contribution in [-0.4, -0.2) is 36.0 Å². The summed E-state index contributed by atoms with van der Waals surface area (Å²) in [7, 11) is 1.62. The van der Waals surface area contributed by atoms with E-state index in [1.165, 1.54) is 0 Å². The molecule has 0 N–H and O–H groups in total. The minimum atomic E-state index is -0.0532. The number of ether oxygens (including phenoxy) is 1. The summed E-state index contributed by atoms with van der Waals surface area (Å²) in [6, 6.07) is 9.51. The van der Waals surface area contributed by atoms with E-state index < -0.39 is 0 Å². The molecule has 126 valence electrons. The molecular weight excluding hydrogens is 306 g/mol. The van der Waals surface area contributed by atoms with Crippen molar-refractivity contribution in [2.24, 2.45) is 0 Å². The van der Waals surface area contributed by atoms with E-state index in [0.717, 1.165) is 17.7 Å². The Bertz CT molecular complexity index is 701. The lowest BCUT2D eigenvalue weighted by molar-refractivity contribution is -0.130. The zero-order chi connectivity index (χ0) is 17.4. The Balaban J connectivity index is 1.95. The van der Waals surface area contributed by atoms with Crippen LogP contribution in [0.4, 0.5) is 0 Å². The van der Waals surface area contributed by atoms with Crippen LogP contribution in [0.1, 0.15) is 25.7 Å². The zero-order valence-corrected chi connectivity index (χ0v) is 14.0. The van der Waals surface area contributed by atoms with Crippen molar-refractivity contribution in [3.8, 4) is 23.1 Å². The van der Waals surface area contributed by atoms with Gasteiger partial charge in [-0.15, -0.1) is 0 Å². The van der Waals surface area contributed by atoms with Gasteiger partial charge in [-0.2, -0.15) is 5.26 Å². The van der Waals surface area contributed by atoms with Gasteiger partial charge in [0, 0.05) is 24.9 Å². The summed E-state index contributed by atoms with van der Waals surface area (Å²) in [5, 5.41) is 8.78. The standard InChI is InChI=1S/C18H21N3O3/c1-3-11-21(12-10-19)18(22)9-8-17-20-13-16(24-17)14-4-6-15(23-2)7-5-14/h4-7,13H,3,8-9,11-12H2,1-2H3. The Morgan fingerprint density at radius 2 is 2.12 bits per heavy atom. The van der Waals surface area contributed by atoms with Gasteiger partial charge in [0.05, 0.1) is 19.4 Å². The van der Waals surface area contributed by atoms with Crippen molar-refractivity contribution in [3.63, 3.8) is 0 Å². The molecule has 0 bridgehead atoms. The van der Waals surface area contributed by atoms with Crippen LogP contribution in [0.5, 0.6) is 5.75 Å². The van der Waals surface area contributed by atoms with Crippen molar-refractivity contribution in [3.05, 3.63) is 36.4 Å². The highest BCUT2D eigenvalue weighted by atomic mass is 16.5. The highest BCUT2D eigenvalue weighted by Gasteiger charge is 2.14. The number of carbonyl (C=O) groups is 1. The smallest absolute Gasteiger partial charge is 0.223 e. The molecule has 1 aromatic heterocycles. The summed E-state index contributed by atoms with van der Waals surface area (Å²) in [5.74, 6) is 1.89. The second-order valence-electron chi connectivity index (χ2n) is 5.32. The summed E-state index contributed by atoms with van der Waals surface area (Å²) in [5.41, 5.74) is 0.901. The number of hydrogen-bond donors (Lipinski definition) is 0. The number of nitriles is 1. The number of methoxy groups -OCH3 is 1. The molecule has 6 nitrogen and oxygen atoms in total. The number of amides is 1. The molecule has 0 aliphatic rings. The SMILES string of the molecule is CCCN(CC#N)C(=O)CCc1ncc(-c2ccc(OC)cc2)o1. The van der Waals surface area contributed by atoms with Crippen LogP contribution in [0.25, 0.3) is 11.3 Å². The molecule has 2 rings (SSSR count). The number of nitrogens with zero attached hydrogens (tertiary/aromatic N) is 3. The maximum Gasteiger partial charge on any atom is 0.223 e. The fraction of sp³-hybridized carbons (Fsp3) is 0.389. The van der Waals surface area contributed by atoms with Gasteiger partial charge in [-0.25, -0.2) is 4.98 Å². The number of benzene rings is 1. The van der Waals surface area contributed by atoms with Crippen molar-refractivity contribution in [2.75, 3.05) is 20.2 Å². The van der Waals surface area contributed by atoms with Gasteiger partial charge in [0.15, 0.2) is 11.7 Å². The van der Waals surface area contributed by atoms with Gasteiger partial charge in [-0.3, -0.25) is 4.79 Å². The number of hydrogen-bond acceptors (Lipinski definition) is 5. The molecule has 0 spiro atoms. The minimum Gasteiger partial charge on any atom is -0.497 e. The van der Waals surface area contributed by atoms with E-state index in [2.05, 4.69) is 4.98 Å². The van der Waals surface area contributed by atoms with E-state index in [4.69, 9.17) is 14.4 Å². The molecule has 0 saturated heterocycles. The van der Waals surface area contributed by atoms with Gasteiger partial charge < -0.3 is 14.1 Å². The van der Waals surface area contributed by atoms with E-state index in [9.17, 15) is 4.79 Å². The van der Waals surface area contributed by atoms with E-state index >= 15 is 0 Å². The molecule has 2 aromatic rings. The Hall–Kier alpha value is -2.81. The molecule has 0 fully saturated rings. The lowest BCUT2D eigenvalue weighted by atomic mass is 10.2. The van der Waals surface area contributed by atoms with E-state index in [0.29, 0.717) is 24.6 Å². The summed E-state index contributed by atoms with van der Waals surface area (Å²) in [6.45, 7) is 2.69. The van der Waals surface area contributed by atoms with E-state index in [1.807, 2.05) is 37.3 Å². The van der Waals surface area contributed by atoms with Crippen molar-refractivity contribution < 1.29 is 13.9 Å². The average Bonchev–Trinajstić information content (AvgIpc) is 3.08. The molecule has 1 aromatic carbocycles. The molecule has 0 radical (unpaired) electrons. The van der Waals surface area contributed by atoms with Gasteiger partial charge in [0.1, 0.15) is 12.3 Å². The minimum absolute atomic E-state index is 0.0532. The summed E-state index contributed by atoms with van der Waals surface area (Å²) >= 11 is 0. The maximum atomic E-state index is 12.1. The first-order valence-electron chi connectivity index (χ1n) is 7.91. The predicted molar refractivity (Wildman–Crippen MR) is 89.3 cm³/mol. The third kappa shape index (κ3) is 4.59. The van der Waals surface area contributed by atoms with Crippen LogP contribution in [0.2, 0.25) is 0 Å². The van der Waals surface area contributed by atoms with Crippen LogP contribution in [0.15, 0.2) is 34.9 Å². The van der Waals surface area contributed by atoms with Crippen molar-refractivity contribution >= 4 is 5.91 Å². The van der Waals surface area contributed by atoms with E-state index in [-0.39, 0.29) is 18.9 Å². The van der Waals surface area contributed by atoms with Gasteiger partial charge >= 0.3 is 0 Å². The average molecular weight is 327 g/mol. The largest absolute Gasteiger partial charge is 0.497 e. The Kier molecular flexibility index (Phi) is 6.38. The second kappa shape index (κ2) is 8.73. The third-order valence-corrected chi connectivity index (χ3v) is 3.59. The molecule has 1 heterocycles. The fourth-order valence-electron chi connectivity index (χ4n) is 2.33.